The minimum atomic E-state index is -1.84. The zero-order chi connectivity index (χ0) is 37.6. The first-order valence-electron chi connectivity index (χ1n) is 16.0. The molecule has 2 heterocycles. The van der Waals surface area contributed by atoms with Crippen molar-refractivity contribution >= 4 is 35.1 Å². The predicted molar refractivity (Wildman–Crippen MR) is 188 cm³/mol. The lowest BCUT2D eigenvalue weighted by atomic mass is 9.99. The second-order valence-electron chi connectivity index (χ2n) is 11.9. The molecule has 1 aromatic heterocycles. The molecule has 1 aliphatic rings. The van der Waals surface area contributed by atoms with Crippen LogP contribution in [0.2, 0.25) is 0 Å². The van der Waals surface area contributed by atoms with Gasteiger partial charge >= 0.3 is 11.9 Å². The molecule has 0 bridgehead atoms. The van der Waals surface area contributed by atoms with Crippen LogP contribution in [0.15, 0.2) is 112 Å². The van der Waals surface area contributed by atoms with Gasteiger partial charge in [-0.2, -0.15) is 0 Å². The number of esters is 2. The number of hydrogen-bond donors (Lipinski definition) is 6. The topological polar surface area (TPSA) is 223 Å². The number of phenols is 4. The minimum absolute atomic E-state index is 0.00246. The molecule has 1 saturated heterocycles. The van der Waals surface area contributed by atoms with Crippen LogP contribution in [-0.4, -0.2) is 79.9 Å². The van der Waals surface area contributed by atoms with E-state index in [4.69, 9.17) is 23.4 Å². The highest BCUT2D eigenvalue weighted by Crippen LogP contribution is 2.34. The van der Waals surface area contributed by atoms with Crippen molar-refractivity contribution in [2.75, 3.05) is 6.61 Å². The summed E-state index contributed by atoms with van der Waals surface area (Å²) in [5.41, 5.74) is 0.892. The Kier molecular flexibility index (Phi) is 10.7. The normalized spacial score (nSPS) is 20.1. The van der Waals surface area contributed by atoms with Crippen molar-refractivity contribution in [3.8, 4) is 40.1 Å². The van der Waals surface area contributed by atoms with Gasteiger partial charge in [0.25, 0.3) is 0 Å². The highest BCUT2D eigenvalue weighted by atomic mass is 16.7. The summed E-state index contributed by atoms with van der Waals surface area (Å²) in [7, 11) is 0. The van der Waals surface area contributed by atoms with E-state index in [9.17, 15) is 45.0 Å². The predicted octanol–water partition coefficient (Wildman–Crippen LogP) is 3.99. The van der Waals surface area contributed by atoms with Gasteiger partial charge in [0.2, 0.25) is 6.29 Å². The van der Waals surface area contributed by atoms with E-state index in [1.165, 1.54) is 84.9 Å². The Balaban J connectivity index is 1.24. The third-order valence-corrected chi connectivity index (χ3v) is 8.08. The maximum absolute atomic E-state index is 12.9. The second-order valence-corrected chi connectivity index (χ2v) is 11.9. The van der Waals surface area contributed by atoms with Crippen molar-refractivity contribution in [2.45, 2.75) is 30.7 Å². The number of carbonyl (C=O) groups excluding carboxylic acids is 2. The lowest BCUT2D eigenvalue weighted by molar-refractivity contribution is -0.281. The quantitative estimate of drug-likeness (QED) is 0.0886. The number of aliphatic hydroxyl groups excluding tert-OH is 2. The van der Waals surface area contributed by atoms with E-state index in [-0.39, 0.29) is 39.7 Å². The number of benzene rings is 4. The van der Waals surface area contributed by atoms with Crippen molar-refractivity contribution in [3.63, 3.8) is 0 Å². The number of phenolic OH excluding ortho intramolecular Hbond substituents is 4. The number of rotatable bonds is 10. The van der Waals surface area contributed by atoms with Crippen molar-refractivity contribution in [2.24, 2.45) is 0 Å². The van der Waals surface area contributed by atoms with Gasteiger partial charge in [-0.3, -0.25) is 4.79 Å². The molecular formula is C39H32O14. The summed E-state index contributed by atoms with van der Waals surface area (Å²) in [5, 5.41) is 61.6. The Labute approximate surface area is 300 Å². The van der Waals surface area contributed by atoms with E-state index in [0.29, 0.717) is 16.7 Å². The lowest BCUT2D eigenvalue weighted by Gasteiger charge is -2.41. The molecule has 0 spiro atoms. The lowest BCUT2D eigenvalue weighted by Crippen LogP contribution is -2.61. The van der Waals surface area contributed by atoms with Gasteiger partial charge in [0.15, 0.2) is 17.6 Å². The molecule has 14 nitrogen and oxygen atoms in total. The maximum atomic E-state index is 12.9. The Morgan fingerprint density at radius 1 is 0.717 bits per heavy atom. The van der Waals surface area contributed by atoms with Crippen LogP contribution in [0.3, 0.4) is 0 Å². The summed E-state index contributed by atoms with van der Waals surface area (Å²) in [6, 6.07) is 21.2. The summed E-state index contributed by atoms with van der Waals surface area (Å²) < 4.78 is 28.2. The van der Waals surface area contributed by atoms with Gasteiger partial charge in [-0.05, 0) is 71.8 Å². The van der Waals surface area contributed by atoms with Crippen molar-refractivity contribution < 1.29 is 63.6 Å². The Morgan fingerprint density at radius 3 is 1.89 bits per heavy atom. The molecule has 5 aromatic rings. The number of hydrogen-bond acceptors (Lipinski definition) is 14. The zero-order valence-corrected chi connectivity index (χ0v) is 27.5. The van der Waals surface area contributed by atoms with E-state index in [1.54, 1.807) is 12.1 Å². The molecule has 6 rings (SSSR count). The van der Waals surface area contributed by atoms with Gasteiger partial charge in [-0.25, -0.2) is 9.59 Å². The molecule has 0 unspecified atom stereocenters. The Bertz CT molecular complexity index is 2210. The van der Waals surface area contributed by atoms with E-state index in [1.807, 2.05) is 0 Å². The summed E-state index contributed by atoms with van der Waals surface area (Å²) in [4.78, 5) is 38.3. The second kappa shape index (κ2) is 15.7. The van der Waals surface area contributed by atoms with E-state index in [0.717, 1.165) is 18.2 Å². The van der Waals surface area contributed by atoms with Gasteiger partial charge in [0.1, 0.15) is 64.3 Å². The average Bonchev–Trinajstić information content (AvgIpc) is 3.13. The third-order valence-electron chi connectivity index (χ3n) is 8.08. The Hall–Kier alpha value is -6.61. The first-order chi connectivity index (χ1) is 25.4. The fourth-order valence-electron chi connectivity index (χ4n) is 5.38. The van der Waals surface area contributed by atoms with Crippen LogP contribution in [0.25, 0.3) is 34.4 Å². The molecule has 0 radical (unpaired) electrons. The number of aromatic hydroxyl groups is 4. The molecule has 0 aliphatic carbocycles. The average molecular weight is 725 g/mol. The molecule has 0 amide bonds. The molecule has 6 N–H and O–H groups in total. The highest BCUT2D eigenvalue weighted by molar-refractivity contribution is 5.88. The van der Waals surface area contributed by atoms with Crippen molar-refractivity contribution in [1.29, 1.82) is 0 Å². The molecule has 4 aromatic carbocycles. The van der Waals surface area contributed by atoms with Gasteiger partial charge in [0.05, 0.1) is 0 Å². The molecule has 0 saturated carbocycles. The first kappa shape index (κ1) is 36.2. The maximum Gasteiger partial charge on any atom is 0.331 e. The van der Waals surface area contributed by atoms with E-state index >= 15 is 0 Å². The monoisotopic (exact) mass is 724 g/mol. The molecular weight excluding hydrogens is 692 g/mol. The molecule has 1 fully saturated rings. The molecule has 272 valence electrons. The zero-order valence-electron chi connectivity index (χ0n) is 27.5. The molecule has 14 heteroatoms. The summed E-state index contributed by atoms with van der Waals surface area (Å²) in [6.07, 6.45) is -3.42. The number of ether oxygens (including phenoxy) is 4. The number of fused-ring (bicyclic) bond motifs is 1. The van der Waals surface area contributed by atoms with Crippen molar-refractivity contribution in [1.82, 2.24) is 0 Å². The summed E-state index contributed by atoms with van der Waals surface area (Å²) in [5.74, 6) is -2.31. The smallest absolute Gasteiger partial charge is 0.331 e. The molecule has 1 aliphatic heterocycles. The van der Waals surface area contributed by atoms with Gasteiger partial charge in [0, 0.05) is 35.9 Å². The third kappa shape index (κ3) is 8.83. The van der Waals surface area contributed by atoms with Gasteiger partial charge < -0.3 is 54.0 Å². The van der Waals surface area contributed by atoms with Gasteiger partial charge in [-0.1, -0.05) is 24.3 Å². The molecule has 5 atom stereocenters. The first-order valence-corrected chi connectivity index (χ1v) is 16.0. The van der Waals surface area contributed by atoms with Crippen LogP contribution in [0, 0.1) is 0 Å². The SMILES string of the molecule is O=C(/C=C\c1ccc(O)cc1)OC[C@H]1O[C@@H](Oc2cc(O)c3c(=O)cc(-c4ccc(O)cc4)oc3c2)[C@H](O)[C@@H](OC(=O)/C=C/c2ccc(O)cc2)[C@@H]1O. The molecule has 53 heavy (non-hydrogen) atoms. The van der Waals surface area contributed by atoms with Gasteiger partial charge in [-0.15, -0.1) is 0 Å². The van der Waals surface area contributed by atoms with Crippen LogP contribution >= 0.6 is 0 Å². The van der Waals surface area contributed by atoms with E-state index < -0.39 is 60.4 Å². The minimum Gasteiger partial charge on any atom is -0.508 e. The van der Waals surface area contributed by atoms with E-state index in [2.05, 4.69) is 0 Å². The van der Waals surface area contributed by atoms with Crippen LogP contribution in [-0.2, 0) is 23.8 Å². The number of carbonyl (C=O) groups is 2. The van der Waals surface area contributed by atoms with Crippen molar-refractivity contribution in [3.05, 3.63) is 124 Å². The van der Waals surface area contributed by atoms with Crippen LogP contribution in [0.4, 0.5) is 0 Å². The number of aliphatic hydroxyl groups is 2. The summed E-state index contributed by atoms with van der Waals surface area (Å²) in [6.45, 7) is -0.586. The largest absolute Gasteiger partial charge is 0.508 e. The fraction of sp³-hybridized carbons (Fsp3) is 0.154. The van der Waals surface area contributed by atoms with Crippen LogP contribution in [0.1, 0.15) is 11.1 Å². The highest BCUT2D eigenvalue weighted by Gasteiger charge is 2.48. The summed E-state index contributed by atoms with van der Waals surface area (Å²) >= 11 is 0. The fourth-order valence-corrected chi connectivity index (χ4v) is 5.38. The van der Waals surface area contributed by atoms with Crippen LogP contribution in [0.5, 0.6) is 28.7 Å². The Morgan fingerprint density at radius 2 is 1.28 bits per heavy atom. The van der Waals surface area contributed by atoms with Crippen LogP contribution < -0.4 is 10.2 Å². The standard InChI is InChI=1S/C39H32O14/c40-24-9-1-21(2-10-24)5-15-33(45)49-20-32-36(47)38(53-34(46)16-6-22-3-11-25(41)12-4-22)37(48)39(52-32)50-27-17-28(43)35-29(44)19-30(51-31(35)18-27)23-7-13-26(42)14-8-23/h1-19,32,36-43,47-48H,20H2/b15-5-,16-6+/t32-,36-,37-,38+,39-/m1/s1.